The minimum Gasteiger partial charge on any atom is -0.488 e. The molecule has 1 saturated carbocycles. The zero-order valence-electron chi connectivity index (χ0n) is 13.5. The molecule has 0 heterocycles. The Morgan fingerprint density at radius 3 is 2.46 bits per heavy atom. The van der Waals surface area contributed by atoms with Gasteiger partial charge in [-0.05, 0) is 55.5 Å². The molecule has 0 bridgehead atoms. The first-order valence-corrected chi connectivity index (χ1v) is 8.10. The lowest BCUT2D eigenvalue weighted by Crippen LogP contribution is -2.17. The first-order valence-electron chi connectivity index (χ1n) is 8.10. The van der Waals surface area contributed by atoms with Crippen molar-refractivity contribution in [3.63, 3.8) is 0 Å². The fourth-order valence-electron chi connectivity index (χ4n) is 2.87. The van der Waals surface area contributed by atoms with Gasteiger partial charge in [0.1, 0.15) is 5.75 Å². The number of halogens is 1. The molecule has 1 aliphatic carbocycles. The van der Waals surface area contributed by atoms with Crippen molar-refractivity contribution < 1.29 is 9.53 Å². The number of nitrogen functional groups attached to an aromatic ring is 1. The van der Waals surface area contributed by atoms with Crippen LogP contribution < -0.4 is 15.8 Å². The number of nitrogens with two attached hydrogens (primary N) is 1. The van der Waals surface area contributed by atoms with E-state index in [0.29, 0.717) is 12.1 Å². The van der Waals surface area contributed by atoms with E-state index < -0.39 is 0 Å². The third-order valence-electron chi connectivity index (χ3n) is 4.10. The first-order chi connectivity index (χ1) is 11.2. The Hall–Kier alpha value is -2.20. The van der Waals surface area contributed by atoms with Crippen LogP contribution in [0.5, 0.6) is 5.75 Å². The van der Waals surface area contributed by atoms with Crippen molar-refractivity contribution in [2.24, 2.45) is 0 Å². The Labute approximate surface area is 148 Å². The second kappa shape index (κ2) is 8.60. The predicted molar refractivity (Wildman–Crippen MR) is 99.8 cm³/mol. The lowest BCUT2D eigenvalue weighted by Gasteiger charge is -2.17. The van der Waals surface area contributed by atoms with Crippen molar-refractivity contribution in [2.75, 3.05) is 11.1 Å². The van der Waals surface area contributed by atoms with E-state index in [1.54, 1.807) is 12.1 Å². The van der Waals surface area contributed by atoms with Crippen LogP contribution in [0.2, 0.25) is 0 Å². The maximum Gasteiger partial charge on any atom is 0.228 e. The predicted octanol–water partition coefficient (Wildman–Crippen LogP) is 4.19. The molecule has 0 unspecified atom stereocenters. The van der Waals surface area contributed by atoms with E-state index in [9.17, 15) is 4.79 Å². The van der Waals surface area contributed by atoms with Gasteiger partial charge in [0.05, 0.1) is 18.2 Å². The quantitative estimate of drug-likeness (QED) is 0.798. The van der Waals surface area contributed by atoms with Crippen molar-refractivity contribution in [3.8, 4) is 5.75 Å². The Balaban J connectivity index is 0.00000208. The Morgan fingerprint density at radius 1 is 1.08 bits per heavy atom. The maximum absolute atomic E-state index is 12.3. The highest BCUT2D eigenvalue weighted by Crippen LogP contribution is 2.29. The fraction of sp³-hybridized carbons (Fsp3) is 0.316. The second-order valence-electron chi connectivity index (χ2n) is 5.99. The van der Waals surface area contributed by atoms with Crippen molar-refractivity contribution >= 4 is 29.7 Å². The van der Waals surface area contributed by atoms with Gasteiger partial charge in [-0.15, -0.1) is 12.4 Å². The van der Waals surface area contributed by atoms with Gasteiger partial charge in [0.25, 0.3) is 0 Å². The van der Waals surface area contributed by atoms with Gasteiger partial charge in [-0.1, -0.05) is 24.3 Å². The summed E-state index contributed by atoms with van der Waals surface area (Å²) in [5.41, 5.74) is 8.03. The maximum atomic E-state index is 12.3. The molecule has 128 valence electrons. The lowest BCUT2D eigenvalue weighted by atomic mass is 10.1. The normalized spacial score (nSPS) is 14.0. The average Bonchev–Trinajstić information content (AvgIpc) is 3.05. The lowest BCUT2D eigenvalue weighted by molar-refractivity contribution is -0.115. The van der Waals surface area contributed by atoms with E-state index in [1.807, 2.05) is 36.4 Å². The van der Waals surface area contributed by atoms with Gasteiger partial charge in [0.2, 0.25) is 5.91 Å². The molecule has 24 heavy (non-hydrogen) atoms. The van der Waals surface area contributed by atoms with E-state index in [2.05, 4.69) is 5.32 Å². The van der Waals surface area contributed by atoms with Gasteiger partial charge < -0.3 is 15.8 Å². The molecule has 1 aliphatic rings. The minimum absolute atomic E-state index is 0. The molecule has 0 saturated heterocycles. The summed E-state index contributed by atoms with van der Waals surface area (Å²) in [4.78, 5) is 12.3. The zero-order valence-corrected chi connectivity index (χ0v) is 14.4. The summed E-state index contributed by atoms with van der Waals surface area (Å²) in [6, 6.07) is 15.0. The standard InChI is InChI=1S/C19H22N2O2.ClH/c20-15-11-9-14(10-12-15)13-19(22)21-17-7-3-4-8-18(17)23-16-5-1-2-6-16;/h3-4,7-12,16H,1-2,5-6,13,20H2,(H,21,22);1H. The van der Waals surface area contributed by atoms with Gasteiger partial charge in [0.15, 0.2) is 0 Å². The van der Waals surface area contributed by atoms with Crippen LogP contribution in [0.25, 0.3) is 0 Å². The minimum atomic E-state index is -0.0581. The van der Waals surface area contributed by atoms with Gasteiger partial charge in [-0.25, -0.2) is 0 Å². The molecule has 2 aromatic carbocycles. The molecule has 0 aliphatic heterocycles. The molecule has 0 radical (unpaired) electrons. The highest BCUT2D eigenvalue weighted by atomic mass is 35.5. The third kappa shape index (κ3) is 4.90. The fourth-order valence-corrected chi connectivity index (χ4v) is 2.87. The number of anilines is 2. The van der Waals surface area contributed by atoms with Crippen molar-refractivity contribution in [1.29, 1.82) is 0 Å². The third-order valence-corrected chi connectivity index (χ3v) is 4.10. The van der Waals surface area contributed by atoms with E-state index in [-0.39, 0.29) is 24.4 Å². The molecule has 1 amide bonds. The second-order valence-corrected chi connectivity index (χ2v) is 5.99. The summed E-state index contributed by atoms with van der Waals surface area (Å²) in [7, 11) is 0. The molecular weight excluding hydrogens is 324 g/mol. The van der Waals surface area contributed by atoms with Gasteiger partial charge in [-0.3, -0.25) is 4.79 Å². The monoisotopic (exact) mass is 346 g/mol. The van der Waals surface area contributed by atoms with Gasteiger partial charge in [0, 0.05) is 5.69 Å². The number of amides is 1. The molecule has 0 aromatic heterocycles. The average molecular weight is 347 g/mol. The number of carbonyl (C=O) groups excluding carboxylic acids is 1. The van der Waals surface area contributed by atoms with E-state index in [0.717, 1.165) is 29.8 Å². The SMILES string of the molecule is Cl.Nc1ccc(CC(=O)Nc2ccccc2OC2CCCC2)cc1. The molecule has 5 heteroatoms. The number of hydrogen-bond donors (Lipinski definition) is 2. The summed E-state index contributed by atoms with van der Waals surface area (Å²) in [6.45, 7) is 0. The summed E-state index contributed by atoms with van der Waals surface area (Å²) in [5.74, 6) is 0.697. The number of benzene rings is 2. The van der Waals surface area contributed by atoms with Crippen LogP contribution in [0.15, 0.2) is 48.5 Å². The summed E-state index contributed by atoms with van der Waals surface area (Å²) in [6.07, 6.45) is 5.21. The van der Waals surface area contributed by atoms with Gasteiger partial charge >= 0.3 is 0 Å². The molecule has 1 fully saturated rings. The van der Waals surface area contributed by atoms with Gasteiger partial charge in [-0.2, -0.15) is 0 Å². The van der Waals surface area contributed by atoms with E-state index in [4.69, 9.17) is 10.5 Å². The van der Waals surface area contributed by atoms with Crippen LogP contribution in [0.4, 0.5) is 11.4 Å². The summed E-state index contributed by atoms with van der Waals surface area (Å²) >= 11 is 0. The smallest absolute Gasteiger partial charge is 0.228 e. The molecule has 3 rings (SSSR count). The van der Waals surface area contributed by atoms with Crippen molar-refractivity contribution in [2.45, 2.75) is 38.2 Å². The molecule has 0 spiro atoms. The van der Waals surface area contributed by atoms with E-state index >= 15 is 0 Å². The molecule has 3 N–H and O–H groups in total. The first kappa shape index (κ1) is 18.1. The molecular formula is C19H23ClN2O2. The Kier molecular flexibility index (Phi) is 6.50. The highest BCUT2D eigenvalue weighted by Gasteiger charge is 2.18. The number of hydrogen-bond acceptors (Lipinski definition) is 3. The van der Waals surface area contributed by atoms with Crippen LogP contribution in [-0.4, -0.2) is 12.0 Å². The van der Waals surface area contributed by atoms with Crippen LogP contribution in [0.1, 0.15) is 31.2 Å². The van der Waals surface area contributed by atoms with Crippen LogP contribution in [0.3, 0.4) is 0 Å². The number of ether oxygens (including phenoxy) is 1. The van der Waals surface area contributed by atoms with Crippen LogP contribution in [-0.2, 0) is 11.2 Å². The number of para-hydroxylation sites is 2. The largest absolute Gasteiger partial charge is 0.488 e. The van der Waals surface area contributed by atoms with Crippen molar-refractivity contribution in [1.82, 2.24) is 0 Å². The number of nitrogens with one attached hydrogen (secondary N) is 1. The van der Waals surface area contributed by atoms with Crippen LogP contribution >= 0.6 is 12.4 Å². The zero-order chi connectivity index (χ0) is 16.1. The number of carbonyl (C=O) groups is 1. The highest BCUT2D eigenvalue weighted by molar-refractivity contribution is 5.93. The Morgan fingerprint density at radius 2 is 1.75 bits per heavy atom. The summed E-state index contributed by atoms with van der Waals surface area (Å²) in [5, 5.41) is 2.95. The molecule has 2 aromatic rings. The topological polar surface area (TPSA) is 64.4 Å². The van der Waals surface area contributed by atoms with Crippen molar-refractivity contribution in [3.05, 3.63) is 54.1 Å². The summed E-state index contributed by atoms with van der Waals surface area (Å²) < 4.78 is 6.04. The molecule has 0 atom stereocenters. The van der Waals surface area contributed by atoms with E-state index in [1.165, 1.54) is 12.8 Å². The van der Waals surface area contributed by atoms with Crippen LogP contribution in [0, 0.1) is 0 Å². The molecule has 4 nitrogen and oxygen atoms in total. The Bertz CT molecular complexity index is 667. The number of rotatable bonds is 5.